The van der Waals surface area contributed by atoms with Gasteiger partial charge in [-0.15, -0.1) is 0 Å². The number of rotatable bonds is 5. The minimum atomic E-state index is -0.962. The van der Waals surface area contributed by atoms with Gasteiger partial charge in [-0.3, -0.25) is 0 Å². The molecule has 0 saturated carbocycles. The Hall–Kier alpha value is -1.00. The van der Waals surface area contributed by atoms with E-state index in [0.717, 1.165) is 25.6 Å². The van der Waals surface area contributed by atoms with Gasteiger partial charge in [-0.2, -0.15) is 0 Å². The number of nitrogens with zero attached hydrogens (tertiary/aromatic N) is 1. The number of aliphatic hydroxyl groups is 1. The zero-order valence-electron chi connectivity index (χ0n) is 11.3. The van der Waals surface area contributed by atoms with Crippen molar-refractivity contribution in [2.24, 2.45) is 5.92 Å². The smallest absolute Gasteiger partial charge is 0.164 e. The van der Waals surface area contributed by atoms with E-state index >= 15 is 0 Å². The summed E-state index contributed by atoms with van der Waals surface area (Å²) in [5.41, 5.74) is 0.0546. The molecule has 1 saturated heterocycles. The minimum absolute atomic E-state index is 0.0546. The molecule has 1 aliphatic rings. The highest BCUT2D eigenvalue weighted by atomic mass is 19.2. The van der Waals surface area contributed by atoms with E-state index in [9.17, 15) is 13.9 Å². The van der Waals surface area contributed by atoms with Gasteiger partial charge < -0.3 is 10.0 Å². The number of β-amino-alcohol motifs (C(OH)–C–C–N with tert-alkyl or cyclic N) is 1. The fourth-order valence-corrected chi connectivity index (χ4v) is 2.84. The number of hydrogen-bond donors (Lipinski definition) is 1. The number of aliphatic hydroxyl groups excluding tert-OH is 1. The van der Waals surface area contributed by atoms with E-state index in [4.69, 9.17) is 0 Å². The van der Waals surface area contributed by atoms with E-state index in [1.807, 2.05) is 0 Å². The van der Waals surface area contributed by atoms with Crippen LogP contribution in [0.3, 0.4) is 0 Å². The SMILES string of the molecule is CCCC1CCN(CC(O)c2cccc(F)c2F)C1. The second-order valence-electron chi connectivity index (χ2n) is 5.36. The Labute approximate surface area is 113 Å². The molecule has 1 aliphatic heterocycles. The molecule has 2 rings (SSSR count). The molecule has 1 heterocycles. The monoisotopic (exact) mass is 269 g/mol. The van der Waals surface area contributed by atoms with E-state index in [1.165, 1.54) is 25.0 Å². The molecule has 2 atom stereocenters. The molecule has 1 aromatic carbocycles. The second kappa shape index (κ2) is 6.44. The Bertz CT molecular complexity index is 425. The van der Waals surface area contributed by atoms with Crippen molar-refractivity contribution in [3.05, 3.63) is 35.4 Å². The molecule has 19 heavy (non-hydrogen) atoms. The van der Waals surface area contributed by atoms with Gasteiger partial charge in [0.05, 0.1) is 6.10 Å². The van der Waals surface area contributed by atoms with Gasteiger partial charge in [0.1, 0.15) is 0 Å². The zero-order valence-corrected chi connectivity index (χ0v) is 11.3. The van der Waals surface area contributed by atoms with E-state index < -0.39 is 17.7 Å². The Morgan fingerprint density at radius 1 is 1.42 bits per heavy atom. The van der Waals surface area contributed by atoms with Crippen molar-refractivity contribution in [3.63, 3.8) is 0 Å². The quantitative estimate of drug-likeness (QED) is 0.887. The number of likely N-dealkylation sites (tertiary alicyclic amines) is 1. The molecule has 106 valence electrons. The summed E-state index contributed by atoms with van der Waals surface area (Å²) < 4.78 is 26.7. The predicted molar refractivity (Wildman–Crippen MR) is 70.8 cm³/mol. The Balaban J connectivity index is 1.94. The van der Waals surface area contributed by atoms with Crippen molar-refractivity contribution in [1.82, 2.24) is 4.90 Å². The van der Waals surface area contributed by atoms with Crippen LogP contribution in [0.15, 0.2) is 18.2 Å². The summed E-state index contributed by atoms with van der Waals surface area (Å²) >= 11 is 0. The lowest BCUT2D eigenvalue weighted by Crippen LogP contribution is -2.27. The summed E-state index contributed by atoms with van der Waals surface area (Å²) in [7, 11) is 0. The molecule has 2 nitrogen and oxygen atoms in total. The summed E-state index contributed by atoms with van der Waals surface area (Å²) in [5, 5.41) is 10.1. The summed E-state index contributed by atoms with van der Waals surface area (Å²) in [6.07, 6.45) is 2.53. The van der Waals surface area contributed by atoms with Crippen molar-refractivity contribution in [2.45, 2.75) is 32.3 Å². The van der Waals surface area contributed by atoms with Crippen LogP contribution in [0.1, 0.15) is 37.9 Å². The van der Waals surface area contributed by atoms with Crippen molar-refractivity contribution >= 4 is 0 Å². The first-order valence-electron chi connectivity index (χ1n) is 6.96. The van der Waals surface area contributed by atoms with Gasteiger partial charge in [-0.25, -0.2) is 8.78 Å². The number of halogens is 2. The lowest BCUT2D eigenvalue weighted by molar-refractivity contribution is 0.120. The summed E-state index contributed by atoms with van der Waals surface area (Å²) in [6.45, 7) is 4.42. The fourth-order valence-electron chi connectivity index (χ4n) is 2.84. The highest BCUT2D eigenvalue weighted by Gasteiger charge is 2.25. The molecule has 2 unspecified atom stereocenters. The van der Waals surface area contributed by atoms with Crippen molar-refractivity contribution in [1.29, 1.82) is 0 Å². The fraction of sp³-hybridized carbons (Fsp3) is 0.600. The molecule has 0 amide bonds. The van der Waals surface area contributed by atoms with Crippen LogP contribution in [0.4, 0.5) is 8.78 Å². The first-order valence-corrected chi connectivity index (χ1v) is 6.96. The third-order valence-corrected chi connectivity index (χ3v) is 3.84. The van der Waals surface area contributed by atoms with Crippen LogP contribution in [0.5, 0.6) is 0 Å². The first kappa shape index (κ1) is 14.4. The lowest BCUT2D eigenvalue weighted by atomic mass is 10.0. The van der Waals surface area contributed by atoms with Crippen LogP contribution in [0, 0.1) is 17.6 Å². The predicted octanol–water partition coefficient (Wildman–Crippen LogP) is 3.12. The van der Waals surface area contributed by atoms with Crippen LogP contribution in [0.25, 0.3) is 0 Å². The number of benzene rings is 1. The maximum absolute atomic E-state index is 13.6. The van der Waals surface area contributed by atoms with Gasteiger partial charge in [-0.1, -0.05) is 25.5 Å². The molecule has 0 aromatic heterocycles. The lowest BCUT2D eigenvalue weighted by Gasteiger charge is -2.20. The highest BCUT2D eigenvalue weighted by molar-refractivity contribution is 5.21. The average molecular weight is 269 g/mol. The topological polar surface area (TPSA) is 23.5 Å². The van der Waals surface area contributed by atoms with Gasteiger partial charge in [0.2, 0.25) is 0 Å². The van der Waals surface area contributed by atoms with E-state index in [1.54, 1.807) is 0 Å². The van der Waals surface area contributed by atoms with Crippen LogP contribution >= 0.6 is 0 Å². The van der Waals surface area contributed by atoms with Crippen LogP contribution < -0.4 is 0 Å². The van der Waals surface area contributed by atoms with Gasteiger partial charge in [0, 0.05) is 18.7 Å². The van der Waals surface area contributed by atoms with Gasteiger partial charge >= 0.3 is 0 Å². The highest BCUT2D eigenvalue weighted by Crippen LogP contribution is 2.25. The molecular weight excluding hydrogens is 248 g/mol. The van der Waals surface area contributed by atoms with E-state index in [0.29, 0.717) is 12.5 Å². The maximum Gasteiger partial charge on any atom is 0.164 e. The van der Waals surface area contributed by atoms with Crippen molar-refractivity contribution in [3.8, 4) is 0 Å². The molecule has 1 fully saturated rings. The first-order chi connectivity index (χ1) is 9.11. The van der Waals surface area contributed by atoms with Crippen molar-refractivity contribution in [2.75, 3.05) is 19.6 Å². The standard InChI is InChI=1S/C15H21F2NO/c1-2-4-11-7-8-18(9-11)10-14(19)12-5-3-6-13(16)15(12)17/h3,5-6,11,14,19H,2,4,7-10H2,1H3. The third-order valence-electron chi connectivity index (χ3n) is 3.84. The summed E-state index contributed by atoms with van der Waals surface area (Å²) in [6, 6.07) is 3.95. The summed E-state index contributed by atoms with van der Waals surface area (Å²) in [5.74, 6) is -1.16. The molecule has 1 N–H and O–H groups in total. The van der Waals surface area contributed by atoms with Crippen molar-refractivity contribution < 1.29 is 13.9 Å². The largest absolute Gasteiger partial charge is 0.387 e. The van der Waals surface area contributed by atoms with Gasteiger partial charge in [0.15, 0.2) is 11.6 Å². The van der Waals surface area contributed by atoms with Crippen LogP contribution in [-0.2, 0) is 0 Å². The molecule has 4 heteroatoms. The Morgan fingerprint density at radius 3 is 2.95 bits per heavy atom. The molecule has 0 aliphatic carbocycles. The molecular formula is C15H21F2NO. The Kier molecular flexibility index (Phi) is 4.88. The summed E-state index contributed by atoms with van der Waals surface area (Å²) in [4.78, 5) is 2.13. The van der Waals surface area contributed by atoms with Crippen LogP contribution in [-0.4, -0.2) is 29.6 Å². The normalized spacial score (nSPS) is 21.8. The average Bonchev–Trinajstić information content (AvgIpc) is 2.80. The van der Waals surface area contributed by atoms with E-state index in [2.05, 4.69) is 11.8 Å². The van der Waals surface area contributed by atoms with Crippen LogP contribution in [0.2, 0.25) is 0 Å². The van der Waals surface area contributed by atoms with Gasteiger partial charge in [-0.05, 0) is 31.4 Å². The minimum Gasteiger partial charge on any atom is -0.387 e. The second-order valence-corrected chi connectivity index (χ2v) is 5.36. The molecule has 1 aromatic rings. The van der Waals surface area contributed by atoms with Gasteiger partial charge in [0.25, 0.3) is 0 Å². The number of hydrogen-bond acceptors (Lipinski definition) is 2. The molecule has 0 radical (unpaired) electrons. The Morgan fingerprint density at radius 2 is 2.21 bits per heavy atom. The molecule has 0 bridgehead atoms. The maximum atomic E-state index is 13.6. The zero-order chi connectivity index (χ0) is 13.8. The van der Waals surface area contributed by atoms with E-state index in [-0.39, 0.29) is 5.56 Å². The molecule has 0 spiro atoms. The third kappa shape index (κ3) is 3.51.